The van der Waals surface area contributed by atoms with Crippen molar-refractivity contribution in [3.63, 3.8) is 0 Å². The lowest BCUT2D eigenvalue weighted by atomic mass is 10.0. The first kappa shape index (κ1) is 11.6. The lowest BCUT2D eigenvalue weighted by Gasteiger charge is -2.04. The number of benzene rings is 1. The van der Waals surface area contributed by atoms with Crippen molar-refractivity contribution in [2.24, 2.45) is 0 Å². The van der Waals surface area contributed by atoms with Crippen molar-refractivity contribution in [2.45, 2.75) is 20.3 Å². The van der Waals surface area contributed by atoms with Crippen LogP contribution in [0.2, 0.25) is 0 Å². The van der Waals surface area contributed by atoms with E-state index in [0.29, 0.717) is 5.56 Å². The van der Waals surface area contributed by atoms with Crippen molar-refractivity contribution < 1.29 is 13.6 Å². The van der Waals surface area contributed by atoms with Crippen LogP contribution in [0.4, 0.5) is 8.78 Å². The van der Waals surface area contributed by atoms with Crippen molar-refractivity contribution in [2.75, 3.05) is 0 Å². The summed E-state index contributed by atoms with van der Waals surface area (Å²) in [5, 5.41) is 0. The Morgan fingerprint density at radius 2 is 1.73 bits per heavy atom. The fourth-order valence-electron chi connectivity index (χ4n) is 1.28. The normalized spacial score (nSPS) is 9.87. The topological polar surface area (TPSA) is 17.1 Å². The second kappa shape index (κ2) is 4.82. The minimum atomic E-state index is -1.78. The molecule has 0 amide bonds. The average molecular weight is 210 g/mol. The second-order valence-corrected chi connectivity index (χ2v) is 3.48. The Labute approximate surface area is 87.4 Å². The highest BCUT2D eigenvalue weighted by atomic mass is 19.3. The van der Waals surface area contributed by atoms with Crippen LogP contribution in [0.5, 0.6) is 0 Å². The summed E-state index contributed by atoms with van der Waals surface area (Å²) in [6, 6.07) is 6.70. The molecule has 0 heterocycles. The molecule has 0 unspecified atom stereocenters. The number of carbonyl (C=O) groups excluding carboxylic acids is 1. The van der Waals surface area contributed by atoms with Crippen LogP contribution in [-0.2, 0) is 4.79 Å². The van der Waals surface area contributed by atoms with E-state index in [9.17, 15) is 13.6 Å². The van der Waals surface area contributed by atoms with E-state index in [1.807, 2.05) is 6.92 Å². The standard InChI is InChI=1S/C12H12F2O/c1-8-3-5-10(6-4-8)11(12(13)14)7-9(2)15/h3-6H,7H2,1-2H3. The van der Waals surface area contributed by atoms with Gasteiger partial charge in [0.05, 0.1) is 0 Å². The molecule has 0 bridgehead atoms. The first-order valence-corrected chi connectivity index (χ1v) is 4.61. The largest absolute Gasteiger partial charge is 0.300 e. The Morgan fingerprint density at radius 3 is 2.13 bits per heavy atom. The van der Waals surface area contributed by atoms with E-state index in [4.69, 9.17) is 0 Å². The third-order valence-electron chi connectivity index (χ3n) is 2.05. The molecule has 0 radical (unpaired) electrons. The van der Waals surface area contributed by atoms with Gasteiger partial charge in [0.1, 0.15) is 5.78 Å². The van der Waals surface area contributed by atoms with Gasteiger partial charge in [-0.3, -0.25) is 4.79 Å². The van der Waals surface area contributed by atoms with E-state index in [-0.39, 0.29) is 17.8 Å². The van der Waals surface area contributed by atoms with Crippen LogP contribution in [0.25, 0.3) is 5.57 Å². The van der Waals surface area contributed by atoms with Gasteiger partial charge in [-0.1, -0.05) is 29.8 Å². The molecule has 0 saturated carbocycles. The molecular formula is C12H12F2O. The lowest BCUT2D eigenvalue weighted by Crippen LogP contribution is -1.95. The molecule has 0 aliphatic carbocycles. The Morgan fingerprint density at radius 1 is 1.20 bits per heavy atom. The number of hydrogen-bond acceptors (Lipinski definition) is 1. The Kier molecular flexibility index (Phi) is 3.72. The monoisotopic (exact) mass is 210 g/mol. The molecule has 0 spiro atoms. The van der Waals surface area contributed by atoms with Crippen molar-refractivity contribution in [3.8, 4) is 0 Å². The maximum atomic E-state index is 12.6. The van der Waals surface area contributed by atoms with Crippen molar-refractivity contribution in [3.05, 3.63) is 41.5 Å². The predicted molar refractivity (Wildman–Crippen MR) is 55.6 cm³/mol. The second-order valence-electron chi connectivity index (χ2n) is 3.48. The predicted octanol–water partition coefficient (Wildman–Crippen LogP) is 3.58. The van der Waals surface area contributed by atoms with Crippen LogP contribution >= 0.6 is 0 Å². The summed E-state index contributed by atoms with van der Waals surface area (Å²) >= 11 is 0. The van der Waals surface area contributed by atoms with E-state index < -0.39 is 6.08 Å². The van der Waals surface area contributed by atoms with Gasteiger partial charge in [-0.2, -0.15) is 8.78 Å². The number of aryl methyl sites for hydroxylation is 1. The first-order chi connectivity index (χ1) is 7.00. The molecular weight excluding hydrogens is 198 g/mol. The Bertz CT molecular complexity index is 387. The van der Waals surface area contributed by atoms with Gasteiger partial charge in [0, 0.05) is 12.0 Å². The van der Waals surface area contributed by atoms with Crippen LogP contribution in [0.1, 0.15) is 24.5 Å². The summed E-state index contributed by atoms with van der Waals surface area (Å²) in [5.41, 5.74) is 1.23. The molecule has 0 atom stereocenters. The summed E-state index contributed by atoms with van der Waals surface area (Å²) in [7, 11) is 0. The average Bonchev–Trinajstić information content (AvgIpc) is 2.15. The first-order valence-electron chi connectivity index (χ1n) is 4.61. The fraction of sp³-hybridized carbons (Fsp3) is 0.250. The van der Waals surface area contributed by atoms with Crippen LogP contribution in [0.3, 0.4) is 0 Å². The van der Waals surface area contributed by atoms with Crippen molar-refractivity contribution in [1.29, 1.82) is 0 Å². The lowest BCUT2D eigenvalue weighted by molar-refractivity contribution is -0.116. The molecule has 0 aliphatic rings. The molecule has 15 heavy (non-hydrogen) atoms. The number of carbonyl (C=O) groups is 1. The van der Waals surface area contributed by atoms with E-state index >= 15 is 0 Å². The molecule has 1 nitrogen and oxygen atoms in total. The summed E-state index contributed by atoms with van der Waals surface area (Å²) in [6.45, 7) is 3.18. The molecule has 0 aliphatic heterocycles. The molecule has 1 rings (SSSR count). The van der Waals surface area contributed by atoms with Gasteiger partial charge in [-0.05, 0) is 19.4 Å². The number of rotatable bonds is 3. The van der Waals surface area contributed by atoms with Gasteiger partial charge < -0.3 is 0 Å². The Hall–Kier alpha value is -1.51. The van der Waals surface area contributed by atoms with Crippen LogP contribution in [0, 0.1) is 6.92 Å². The fourth-order valence-corrected chi connectivity index (χ4v) is 1.28. The highest BCUT2D eigenvalue weighted by Crippen LogP contribution is 2.24. The molecule has 0 saturated heterocycles. The summed E-state index contributed by atoms with van der Waals surface area (Å²) in [5.74, 6) is -0.265. The van der Waals surface area contributed by atoms with Gasteiger partial charge in [0.2, 0.25) is 0 Å². The molecule has 1 aromatic rings. The quantitative estimate of drug-likeness (QED) is 0.745. The van der Waals surface area contributed by atoms with Crippen molar-refractivity contribution in [1.82, 2.24) is 0 Å². The Balaban J connectivity index is 3.06. The minimum absolute atomic E-state index is 0.178. The van der Waals surface area contributed by atoms with Gasteiger partial charge in [0.25, 0.3) is 6.08 Å². The number of halogens is 2. The molecule has 80 valence electrons. The minimum Gasteiger partial charge on any atom is -0.300 e. The highest BCUT2D eigenvalue weighted by Gasteiger charge is 2.11. The van der Waals surface area contributed by atoms with E-state index in [1.165, 1.54) is 6.92 Å². The third-order valence-corrected chi connectivity index (χ3v) is 2.05. The van der Waals surface area contributed by atoms with E-state index in [2.05, 4.69) is 0 Å². The van der Waals surface area contributed by atoms with Gasteiger partial charge in [-0.15, -0.1) is 0 Å². The smallest absolute Gasteiger partial charge is 0.274 e. The van der Waals surface area contributed by atoms with Crippen LogP contribution in [-0.4, -0.2) is 5.78 Å². The third kappa shape index (κ3) is 3.27. The van der Waals surface area contributed by atoms with Crippen molar-refractivity contribution >= 4 is 11.4 Å². The highest BCUT2D eigenvalue weighted by molar-refractivity contribution is 5.88. The summed E-state index contributed by atoms with van der Waals surface area (Å²) < 4.78 is 25.1. The molecule has 3 heteroatoms. The SMILES string of the molecule is CC(=O)CC(=C(F)F)c1ccc(C)cc1. The van der Waals surface area contributed by atoms with Gasteiger partial charge in [0.15, 0.2) is 0 Å². The molecule has 0 fully saturated rings. The molecule has 1 aromatic carbocycles. The number of ketones is 1. The van der Waals surface area contributed by atoms with Gasteiger partial charge >= 0.3 is 0 Å². The number of Topliss-reactive ketones (excluding diaryl/α,β-unsaturated/α-hetero) is 1. The number of hydrogen-bond donors (Lipinski definition) is 0. The number of allylic oxidation sites excluding steroid dienone is 1. The zero-order chi connectivity index (χ0) is 11.4. The summed E-state index contributed by atoms with van der Waals surface area (Å²) in [4.78, 5) is 10.8. The maximum Gasteiger partial charge on any atom is 0.274 e. The van der Waals surface area contributed by atoms with Crippen LogP contribution in [0.15, 0.2) is 30.3 Å². The van der Waals surface area contributed by atoms with E-state index in [1.54, 1.807) is 24.3 Å². The molecule has 0 N–H and O–H groups in total. The maximum absolute atomic E-state index is 12.6. The zero-order valence-electron chi connectivity index (χ0n) is 8.68. The summed E-state index contributed by atoms with van der Waals surface area (Å²) in [6.07, 6.45) is -2.00. The van der Waals surface area contributed by atoms with E-state index in [0.717, 1.165) is 5.56 Å². The van der Waals surface area contributed by atoms with Gasteiger partial charge in [-0.25, -0.2) is 0 Å². The van der Waals surface area contributed by atoms with Crippen LogP contribution < -0.4 is 0 Å². The molecule has 0 aromatic heterocycles. The zero-order valence-corrected chi connectivity index (χ0v) is 8.68.